The summed E-state index contributed by atoms with van der Waals surface area (Å²) in [6.07, 6.45) is -3.41. The van der Waals surface area contributed by atoms with Crippen LogP contribution < -0.4 is 58.6 Å². The molecule has 4 aromatic carbocycles. The predicted molar refractivity (Wildman–Crippen MR) is 381 cm³/mol. The maximum Gasteiger partial charge on any atom is 0.336 e. The van der Waals surface area contributed by atoms with Gasteiger partial charge in [0.2, 0.25) is 52.7 Å². The zero-order chi connectivity index (χ0) is 80.3. The molecule has 0 radical (unpaired) electrons. The van der Waals surface area contributed by atoms with Gasteiger partial charge in [-0.05, 0) is 72.1 Å². The first kappa shape index (κ1) is 83.9. The minimum Gasteiger partial charge on any atom is -0.505 e. The molecular formula is C72H78F2N10O24S. The third-order valence-corrected chi connectivity index (χ3v) is 18.7. The van der Waals surface area contributed by atoms with Gasteiger partial charge in [0.15, 0.2) is 17.4 Å². The number of nitrogens with zero attached hydrogens (tertiary/aromatic N) is 1. The molecule has 0 spiro atoms. The Morgan fingerprint density at radius 3 is 1.75 bits per heavy atom. The highest BCUT2D eigenvalue weighted by Gasteiger charge is 2.42. The Kier molecular flexibility index (Phi) is 29.0. The summed E-state index contributed by atoms with van der Waals surface area (Å²) in [5.74, 6) is -22.0. The number of rotatable bonds is 39. The van der Waals surface area contributed by atoms with Crippen molar-refractivity contribution in [2.75, 3.05) is 23.7 Å². The Labute approximate surface area is 621 Å². The fraction of sp³-hybridized carbons (Fsp3) is 0.361. The van der Waals surface area contributed by atoms with Gasteiger partial charge in [-0.2, -0.15) is 0 Å². The summed E-state index contributed by atoms with van der Waals surface area (Å²) in [4.78, 5) is 208. The van der Waals surface area contributed by atoms with E-state index < -0.39 is 227 Å². The van der Waals surface area contributed by atoms with Gasteiger partial charge in [0.1, 0.15) is 53.6 Å². The molecule has 34 nitrogen and oxygen atoms in total. The zero-order valence-electron chi connectivity index (χ0n) is 58.5. The third-order valence-electron chi connectivity index (χ3n) is 17.4. The number of phenolic OH excluding ortho intramolecular Hbond substituents is 1. The molecule has 9 atom stereocenters. The van der Waals surface area contributed by atoms with Gasteiger partial charge < -0.3 is 88.4 Å². The van der Waals surface area contributed by atoms with Crippen LogP contribution in [0.5, 0.6) is 5.75 Å². The van der Waals surface area contributed by atoms with Gasteiger partial charge >= 0.3 is 41.8 Å². The molecule has 0 saturated carbocycles. The average molecular weight is 1540 g/mol. The lowest BCUT2D eigenvalue weighted by atomic mass is 9.80. The Balaban J connectivity index is 0.950. The van der Waals surface area contributed by atoms with E-state index >= 15 is 0 Å². The van der Waals surface area contributed by atoms with Crippen LogP contribution in [-0.4, -0.2) is 191 Å². The number of hydrogen-bond donors (Lipinski definition) is 16. The van der Waals surface area contributed by atoms with E-state index in [4.69, 9.17) is 15.3 Å². The molecule has 1 aliphatic carbocycles. The standard InChI is InChI=1S/C72H78F2N10O24S/c1-34(31-72(2,3)20-21-76-56(87)18-16-45(68(101)102)82-71(107)83-46(69(103)104)17-19-58(89)90)61(93)78-48(23-36-12-8-5-9-13-36)64(96)80-47(22-35-10-6-4-7-11-35)63(95)77-32-44(75)62(94)79-49(27-59(91)92)65(97)81-50(70(105)106)33-109-55-30-57(88)84(66(55)98)37-14-15-38(39(24-37)67(99)100)60-40-25-42(73)51(85)28-53(40)108-54-29-52(86)43(74)26-41(54)60/h4-15,24-26,28-29,34,44-50,55,85H,16-23,27,30-33,75H2,1-3H3,(H,76,87)(H,77,95)(H,78,93)(H,79,94)(H,80,96)(H,81,97)(H,89,90)(H,91,92)(H,99,100)(H,101,102)(H,103,104)(H,105,106)(H2,82,83,107)/t34?,44-,45-,46-,47-,48-,49-,50-,55?/m0/s1. The van der Waals surface area contributed by atoms with Crippen LogP contribution in [-0.2, 0) is 75.2 Å². The molecule has 580 valence electrons. The molecule has 2 unspecified atom stereocenters. The van der Waals surface area contributed by atoms with Crippen LogP contribution in [0.1, 0.15) is 93.6 Å². The van der Waals surface area contributed by atoms with Crippen molar-refractivity contribution in [2.24, 2.45) is 17.1 Å². The first-order valence-corrected chi connectivity index (χ1v) is 34.7. The Morgan fingerprint density at radius 2 is 1.17 bits per heavy atom. The number of benzene rings is 5. The number of aromatic hydroxyl groups is 1. The number of carbonyl (C=O) groups is 15. The van der Waals surface area contributed by atoms with Crippen molar-refractivity contribution in [3.05, 3.63) is 142 Å². The second kappa shape index (κ2) is 37.7. The van der Waals surface area contributed by atoms with E-state index in [2.05, 4.69) is 37.2 Å². The number of carboxylic acids is 6. The van der Waals surface area contributed by atoms with Gasteiger partial charge in [0, 0.05) is 85.5 Å². The van der Waals surface area contributed by atoms with E-state index in [1.807, 2.05) is 19.2 Å². The van der Waals surface area contributed by atoms with Crippen molar-refractivity contribution >= 4 is 118 Å². The Bertz CT molecular complexity index is 4530. The number of halogens is 2. The van der Waals surface area contributed by atoms with E-state index in [1.165, 1.54) is 0 Å². The minimum atomic E-state index is -2.03. The van der Waals surface area contributed by atoms with Crippen molar-refractivity contribution in [3.63, 3.8) is 0 Å². The number of aromatic carboxylic acids is 1. The number of fused-ring (bicyclic) bond motifs is 2. The highest BCUT2D eigenvalue weighted by molar-refractivity contribution is 8.00. The van der Waals surface area contributed by atoms with Gasteiger partial charge in [0.25, 0.3) is 0 Å². The molecule has 2 aliphatic heterocycles. The van der Waals surface area contributed by atoms with E-state index in [1.54, 1.807) is 67.6 Å². The summed E-state index contributed by atoms with van der Waals surface area (Å²) in [6.45, 7) is 4.56. The quantitative estimate of drug-likeness (QED) is 0.0195. The molecule has 4 aromatic rings. The lowest BCUT2D eigenvalue weighted by Crippen LogP contribution is -2.59. The second-order valence-corrected chi connectivity index (χ2v) is 27.6. The number of aliphatic carboxylic acids is 5. The van der Waals surface area contributed by atoms with E-state index in [0.717, 1.165) is 42.5 Å². The van der Waals surface area contributed by atoms with Crippen LogP contribution in [0.3, 0.4) is 0 Å². The molecule has 1 saturated heterocycles. The highest BCUT2D eigenvalue weighted by atomic mass is 32.2. The summed E-state index contributed by atoms with van der Waals surface area (Å²) >= 11 is 0.562. The molecule has 3 aliphatic rings. The lowest BCUT2D eigenvalue weighted by Gasteiger charge is -2.29. The number of urea groups is 1. The minimum absolute atomic E-state index is 0.0502. The summed E-state index contributed by atoms with van der Waals surface area (Å²) < 4.78 is 35.4. The Morgan fingerprint density at radius 1 is 0.615 bits per heavy atom. The Hall–Kier alpha value is -12.4. The number of phenols is 1. The van der Waals surface area contributed by atoms with Gasteiger partial charge in [-0.15, -0.1) is 11.8 Å². The van der Waals surface area contributed by atoms with Crippen molar-refractivity contribution < 1.29 is 121 Å². The van der Waals surface area contributed by atoms with Crippen LogP contribution in [0, 0.1) is 23.0 Å². The first-order valence-electron chi connectivity index (χ1n) is 33.6. The van der Waals surface area contributed by atoms with Gasteiger partial charge in [-0.3, -0.25) is 52.7 Å². The van der Waals surface area contributed by atoms with Crippen LogP contribution in [0.15, 0.2) is 112 Å². The monoisotopic (exact) mass is 1540 g/mol. The fourth-order valence-electron chi connectivity index (χ4n) is 11.8. The summed E-state index contributed by atoms with van der Waals surface area (Å²) in [7, 11) is 0. The summed E-state index contributed by atoms with van der Waals surface area (Å²) in [6, 6.07) is 10.1. The maximum absolute atomic E-state index is 14.9. The number of imide groups is 1. The van der Waals surface area contributed by atoms with Crippen LogP contribution in [0.4, 0.5) is 19.3 Å². The van der Waals surface area contributed by atoms with Crippen molar-refractivity contribution in [1.29, 1.82) is 0 Å². The number of carbonyl (C=O) groups excluding carboxylic acids is 9. The molecule has 109 heavy (non-hydrogen) atoms. The highest BCUT2D eigenvalue weighted by Crippen LogP contribution is 2.44. The number of anilines is 1. The molecule has 10 amide bonds. The van der Waals surface area contributed by atoms with E-state index in [-0.39, 0.29) is 71.3 Å². The van der Waals surface area contributed by atoms with E-state index in [9.17, 15) is 116 Å². The number of nitrogens with one attached hydrogen (secondary N) is 8. The number of amides is 10. The normalized spacial score (nSPS) is 15.0. The molecule has 0 aromatic heterocycles. The smallest absolute Gasteiger partial charge is 0.336 e. The first-order chi connectivity index (χ1) is 51.4. The number of nitrogens with two attached hydrogens (primary N) is 1. The fourth-order valence-corrected chi connectivity index (χ4v) is 12.9. The van der Waals surface area contributed by atoms with Crippen molar-refractivity contribution in [3.8, 4) is 28.2 Å². The van der Waals surface area contributed by atoms with Crippen molar-refractivity contribution in [2.45, 2.75) is 133 Å². The number of hydrogen-bond acceptors (Lipinski definition) is 20. The maximum atomic E-state index is 14.9. The summed E-state index contributed by atoms with van der Waals surface area (Å²) in [5, 5.41) is 85.8. The SMILES string of the molecule is CC(CC(C)(C)CCNC(=O)CC[C@H](NC(=O)N[C@@H](CCC(=O)O)C(=O)O)C(=O)O)C(=O)N[C@@H](Cc1ccccc1)C(=O)N[C@@H](Cc1ccccc1)C(=O)NC[C@H](N)C(=O)N[C@@H](CC(=O)O)C(=O)N[C@@H](CSC1CC(=O)N(c2ccc(-c3c4cc(F)c(=O)cc-4oc4cc(O)c(F)cc34)c(C(=O)O)c2)C1=O)C(=O)O. The van der Waals surface area contributed by atoms with E-state index in [0.29, 0.717) is 27.8 Å². The average Bonchev–Trinajstić information content (AvgIpc) is 1.48. The molecule has 2 heterocycles. The number of thioether (sulfide) groups is 1. The van der Waals surface area contributed by atoms with Crippen LogP contribution >= 0.6 is 11.8 Å². The van der Waals surface area contributed by atoms with Gasteiger partial charge in [-0.25, -0.2) is 37.7 Å². The van der Waals surface area contributed by atoms with Crippen molar-refractivity contribution in [1.82, 2.24) is 42.5 Å². The topological polar surface area (TPSA) is 553 Å². The molecular weight excluding hydrogens is 1460 g/mol. The molecule has 37 heteroatoms. The molecule has 7 rings (SSSR count). The second-order valence-electron chi connectivity index (χ2n) is 26.3. The number of carboxylic acid groups (broad SMARTS) is 6. The molecule has 0 bridgehead atoms. The lowest BCUT2D eigenvalue weighted by molar-refractivity contribution is -0.143. The van der Waals surface area contributed by atoms with Gasteiger partial charge in [-0.1, -0.05) is 87.5 Å². The van der Waals surface area contributed by atoms with Crippen LogP contribution in [0.2, 0.25) is 0 Å². The third kappa shape index (κ3) is 23.5. The van der Waals surface area contributed by atoms with Crippen LogP contribution in [0.25, 0.3) is 33.4 Å². The largest absolute Gasteiger partial charge is 0.505 e. The predicted octanol–water partition coefficient (Wildman–Crippen LogP) is 2.45. The summed E-state index contributed by atoms with van der Waals surface area (Å²) in [5.41, 5.74) is 3.72. The molecule has 17 N–H and O–H groups in total. The zero-order valence-corrected chi connectivity index (χ0v) is 59.3. The van der Waals surface area contributed by atoms with Gasteiger partial charge in [0.05, 0.1) is 22.9 Å². The molecule has 1 fully saturated rings.